The molecule has 3 aromatic heterocycles. The van der Waals surface area contributed by atoms with Gasteiger partial charge in [0.15, 0.2) is 0 Å². The van der Waals surface area contributed by atoms with E-state index >= 15 is 0 Å². The van der Waals surface area contributed by atoms with Crippen molar-refractivity contribution in [3.8, 4) is 45.1 Å². The number of hydrogen-bond acceptors (Lipinski definition) is 2. The molecule has 0 atom stereocenters. The number of para-hydroxylation sites is 2. The van der Waals surface area contributed by atoms with Crippen LogP contribution in [-0.2, 0) is 0 Å². The molecule has 0 amide bonds. The van der Waals surface area contributed by atoms with E-state index in [-0.39, 0.29) is 0 Å². The molecule has 0 N–H and O–H groups in total. The SMILES string of the molecule is Cc1ccc(-n2c3ccccc3c3c4c5ccccc5n(-c5nc(-c6ccc(-c7ccccc7)cc6)c6cc(-c7ccccc7)ccc6n5)c4ccc32)cc1. The Kier molecular flexibility index (Phi) is 7.04. The lowest BCUT2D eigenvalue weighted by atomic mass is 9.98. The van der Waals surface area contributed by atoms with Crippen LogP contribution >= 0.6 is 0 Å². The number of rotatable bonds is 5. The smallest absolute Gasteiger partial charge is 0.235 e. The highest BCUT2D eigenvalue weighted by Gasteiger charge is 2.22. The molecule has 0 spiro atoms. The maximum Gasteiger partial charge on any atom is 0.235 e. The van der Waals surface area contributed by atoms with Crippen LogP contribution in [-0.4, -0.2) is 19.1 Å². The fourth-order valence-electron chi connectivity index (χ4n) is 8.40. The van der Waals surface area contributed by atoms with Gasteiger partial charge in [-0.05, 0) is 77.7 Å². The molecule has 0 unspecified atom stereocenters. The van der Waals surface area contributed by atoms with E-state index < -0.39 is 0 Å². The second-order valence-electron chi connectivity index (χ2n) is 14.3. The van der Waals surface area contributed by atoms with Gasteiger partial charge in [0.25, 0.3) is 0 Å². The molecule has 3 heterocycles. The largest absolute Gasteiger partial charge is 0.309 e. The minimum absolute atomic E-state index is 0.648. The van der Waals surface area contributed by atoms with Crippen molar-refractivity contribution < 1.29 is 0 Å². The lowest BCUT2D eigenvalue weighted by molar-refractivity contribution is 1.01. The Bertz CT molecular complexity index is 3230. The molecule has 0 bridgehead atoms. The molecular formula is C51H34N4. The zero-order valence-corrected chi connectivity index (χ0v) is 30.2. The molecular weight excluding hydrogens is 669 g/mol. The van der Waals surface area contributed by atoms with Crippen molar-refractivity contribution in [2.45, 2.75) is 6.92 Å². The standard InChI is InChI=1S/C51H34N4/c1-33-20-27-39(28-21-33)54-44-18-10-8-16-40(44)48-46(54)30-31-47-49(48)41-17-9-11-19-45(41)55(47)51-52-43-29-26-38(35-14-6-3-7-15-35)32-42(43)50(53-51)37-24-22-36(23-25-37)34-12-4-2-5-13-34/h2-32H,1H3. The third-order valence-corrected chi connectivity index (χ3v) is 11.0. The normalized spacial score (nSPS) is 11.7. The highest BCUT2D eigenvalue weighted by atomic mass is 15.2. The van der Waals surface area contributed by atoms with Gasteiger partial charge in [0.05, 0.1) is 33.3 Å². The minimum atomic E-state index is 0.648. The molecule has 11 rings (SSSR count). The van der Waals surface area contributed by atoms with Crippen molar-refractivity contribution in [2.75, 3.05) is 0 Å². The van der Waals surface area contributed by atoms with Gasteiger partial charge in [-0.1, -0.05) is 145 Å². The van der Waals surface area contributed by atoms with Gasteiger partial charge in [-0.3, -0.25) is 4.57 Å². The van der Waals surface area contributed by atoms with Gasteiger partial charge in [0.1, 0.15) is 0 Å². The van der Waals surface area contributed by atoms with E-state index in [1.54, 1.807) is 0 Å². The Hall–Kier alpha value is -7.30. The van der Waals surface area contributed by atoms with Crippen molar-refractivity contribution in [3.05, 3.63) is 194 Å². The van der Waals surface area contributed by atoms with E-state index in [0.29, 0.717) is 5.95 Å². The van der Waals surface area contributed by atoms with E-state index in [0.717, 1.165) is 50.0 Å². The number of hydrogen-bond donors (Lipinski definition) is 0. The molecule has 0 aliphatic carbocycles. The zero-order chi connectivity index (χ0) is 36.5. The molecule has 258 valence electrons. The molecule has 55 heavy (non-hydrogen) atoms. The van der Waals surface area contributed by atoms with Crippen LogP contribution in [0.1, 0.15) is 5.56 Å². The third kappa shape index (κ3) is 4.99. The molecule has 0 radical (unpaired) electrons. The molecule has 11 aromatic rings. The maximum atomic E-state index is 5.50. The summed E-state index contributed by atoms with van der Waals surface area (Å²) in [5.74, 6) is 0.648. The summed E-state index contributed by atoms with van der Waals surface area (Å²) in [5, 5.41) is 5.84. The summed E-state index contributed by atoms with van der Waals surface area (Å²) in [6.07, 6.45) is 0. The number of fused-ring (bicyclic) bond motifs is 8. The number of benzene rings is 8. The van der Waals surface area contributed by atoms with Gasteiger partial charge < -0.3 is 4.57 Å². The fraction of sp³-hybridized carbons (Fsp3) is 0.0196. The topological polar surface area (TPSA) is 35.6 Å². The highest BCUT2D eigenvalue weighted by molar-refractivity contribution is 6.28. The monoisotopic (exact) mass is 702 g/mol. The fourth-order valence-corrected chi connectivity index (χ4v) is 8.40. The van der Waals surface area contributed by atoms with Crippen LogP contribution in [0.5, 0.6) is 0 Å². The Morgan fingerprint density at radius 2 is 0.873 bits per heavy atom. The molecule has 0 fully saturated rings. The van der Waals surface area contributed by atoms with E-state index in [1.807, 2.05) is 0 Å². The van der Waals surface area contributed by atoms with Crippen LogP contribution < -0.4 is 0 Å². The van der Waals surface area contributed by atoms with Crippen molar-refractivity contribution in [1.82, 2.24) is 19.1 Å². The van der Waals surface area contributed by atoms with Crippen LogP contribution in [0, 0.1) is 6.92 Å². The first-order chi connectivity index (χ1) is 27.2. The van der Waals surface area contributed by atoms with Crippen LogP contribution in [0.3, 0.4) is 0 Å². The lowest BCUT2D eigenvalue weighted by Gasteiger charge is -2.13. The number of aromatic nitrogens is 4. The molecule has 8 aromatic carbocycles. The van der Waals surface area contributed by atoms with Crippen molar-refractivity contribution in [2.24, 2.45) is 0 Å². The van der Waals surface area contributed by atoms with Crippen LogP contribution in [0.4, 0.5) is 0 Å². The van der Waals surface area contributed by atoms with Crippen LogP contribution in [0.2, 0.25) is 0 Å². The molecule has 0 aliphatic heterocycles. The summed E-state index contributed by atoms with van der Waals surface area (Å²) >= 11 is 0. The van der Waals surface area contributed by atoms with Gasteiger partial charge in [0.2, 0.25) is 5.95 Å². The zero-order valence-electron chi connectivity index (χ0n) is 30.2. The Labute approximate surface area is 318 Å². The first kappa shape index (κ1) is 31.2. The second kappa shape index (κ2) is 12.4. The summed E-state index contributed by atoms with van der Waals surface area (Å²) in [5.41, 5.74) is 14.4. The Morgan fingerprint density at radius 3 is 1.53 bits per heavy atom. The summed E-state index contributed by atoms with van der Waals surface area (Å²) in [6, 6.07) is 67.1. The first-order valence-corrected chi connectivity index (χ1v) is 18.8. The van der Waals surface area contributed by atoms with Gasteiger partial charge >= 0.3 is 0 Å². The second-order valence-corrected chi connectivity index (χ2v) is 14.3. The van der Waals surface area contributed by atoms with Gasteiger partial charge in [0, 0.05) is 38.2 Å². The predicted molar refractivity (Wildman–Crippen MR) is 229 cm³/mol. The maximum absolute atomic E-state index is 5.50. The molecule has 0 aliphatic rings. The first-order valence-electron chi connectivity index (χ1n) is 18.8. The molecule has 0 saturated heterocycles. The lowest BCUT2D eigenvalue weighted by Crippen LogP contribution is -2.03. The molecule has 4 heteroatoms. The van der Waals surface area contributed by atoms with E-state index in [9.17, 15) is 0 Å². The average molecular weight is 703 g/mol. The van der Waals surface area contributed by atoms with Gasteiger partial charge in [-0.2, -0.15) is 0 Å². The third-order valence-electron chi connectivity index (χ3n) is 11.0. The summed E-state index contributed by atoms with van der Waals surface area (Å²) < 4.78 is 4.65. The van der Waals surface area contributed by atoms with Crippen molar-refractivity contribution >= 4 is 54.5 Å². The van der Waals surface area contributed by atoms with Crippen molar-refractivity contribution in [1.29, 1.82) is 0 Å². The van der Waals surface area contributed by atoms with E-state index in [1.165, 1.54) is 49.3 Å². The summed E-state index contributed by atoms with van der Waals surface area (Å²) in [4.78, 5) is 10.9. The van der Waals surface area contributed by atoms with Gasteiger partial charge in [-0.15, -0.1) is 0 Å². The van der Waals surface area contributed by atoms with Crippen molar-refractivity contribution in [3.63, 3.8) is 0 Å². The summed E-state index contributed by atoms with van der Waals surface area (Å²) in [6.45, 7) is 2.14. The minimum Gasteiger partial charge on any atom is -0.309 e. The van der Waals surface area contributed by atoms with E-state index in [4.69, 9.17) is 9.97 Å². The Morgan fingerprint density at radius 1 is 0.364 bits per heavy atom. The van der Waals surface area contributed by atoms with Crippen LogP contribution in [0.15, 0.2) is 188 Å². The van der Waals surface area contributed by atoms with Gasteiger partial charge in [-0.25, -0.2) is 9.97 Å². The molecule has 0 saturated carbocycles. The Balaban J connectivity index is 1.19. The van der Waals surface area contributed by atoms with Crippen LogP contribution in [0.25, 0.3) is 99.7 Å². The predicted octanol–water partition coefficient (Wildman–Crippen LogP) is 13.1. The highest BCUT2D eigenvalue weighted by Crippen LogP contribution is 2.42. The van der Waals surface area contributed by atoms with E-state index in [2.05, 4.69) is 204 Å². The average Bonchev–Trinajstić information content (AvgIpc) is 3.77. The molecule has 4 nitrogen and oxygen atoms in total. The summed E-state index contributed by atoms with van der Waals surface area (Å²) in [7, 11) is 0. The quantitative estimate of drug-likeness (QED) is 0.179. The number of nitrogens with zero attached hydrogens (tertiary/aromatic N) is 4. The number of aryl methyl sites for hydroxylation is 1.